The maximum absolute atomic E-state index is 15.0. The van der Waals surface area contributed by atoms with E-state index < -0.39 is 47.5 Å². The maximum atomic E-state index is 15.0. The molecular weight excluding hydrogens is 925 g/mol. The number of hydrogen-bond acceptors (Lipinski definition) is 10. The van der Waals surface area contributed by atoms with Gasteiger partial charge in [0.25, 0.3) is 0 Å². The van der Waals surface area contributed by atoms with Gasteiger partial charge in [0.1, 0.15) is 18.8 Å². The first-order valence-corrected chi connectivity index (χ1v) is 27.1. The maximum Gasteiger partial charge on any atom is 0.243 e. The van der Waals surface area contributed by atoms with E-state index in [4.69, 9.17) is 10.5 Å². The summed E-state index contributed by atoms with van der Waals surface area (Å²) >= 11 is 0. The normalized spacial score (nSPS) is 30.9. The van der Waals surface area contributed by atoms with Crippen molar-refractivity contribution < 1.29 is 34.8 Å². The van der Waals surface area contributed by atoms with Gasteiger partial charge < -0.3 is 41.5 Å². The van der Waals surface area contributed by atoms with E-state index in [0.717, 1.165) is 46.4 Å². The molecular formula is C63H80N4O7. The van der Waals surface area contributed by atoms with Crippen LogP contribution in [0.15, 0.2) is 125 Å². The van der Waals surface area contributed by atoms with Gasteiger partial charge in [-0.05, 0) is 160 Å². The lowest BCUT2D eigenvalue weighted by Gasteiger charge is -2.56. The largest absolute Gasteiger partial charge is 0.393 e. The lowest BCUT2D eigenvalue weighted by Crippen LogP contribution is -2.59. The zero-order valence-corrected chi connectivity index (χ0v) is 44.1. The third kappa shape index (κ3) is 12.5. The fourth-order valence-electron chi connectivity index (χ4n) is 12.9. The molecule has 2 bridgehead atoms. The number of hydrogen-bond donors (Lipinski definition) is 8. The summed E-state index contributed by atoms with van der Waals surface area (Å²) in [6.07, 6.45) is 11.1. The number of Topliss-reactive ketones (excluding diaryl/α,β-unsaturated/α-hetero) is 1. The monoisotopic (exact) mass is 1000 g/mol. The van der Waals surface area contributed by atoms with Crippen LogP contribution in [0.4, 0.5) is 0 Å². The van der Waals surface area contributed by atoms with Crippen molar-refractivity contribution in [1.82, 2.24) is 16.0 Å². The highest BCUT2D eigenvalue weighted by molar-refractivity contribution is 5.98. The number of likely N-dealkylation sites (N-methyl/N-ethyl adjacent to an activating group) is 1. The quantitative estimate of drug-likeness (QED) is 0.0927. The van der Waals surface area contributed by atoms with Gasteiger partial charge in [0, 0.05) is 36.8 Å². The number of carbonyl (C=O) groups excluding carboxylic acids is 2. The van der Waals surface area contributed by atoms with Crippen molar-refractivity contribution in [2.75, 3.05) is 26.3 Å². The average molecular weight is 1010 g/mol. The molecule has 3 aromatic rings. The Morgan fingerprint density at radius 2 is 1.72 bits per heavy atom. The van der Waals surface area contributed by atoms with Crippen LogP contribution < -0.4 is 21.7 Å². The van der Waals surface area contributed by atoms with Gasteiger partial charge in [0.2, 0.25) is 5.91 Å². The molecule has 1 spiro atoms. The summed E-state index contributed by atoms with van der Waals surface area (Å²) in [5.74, 6) is 5.15. The Bertz CT molecular complexity index is 2710. The van der Waals surface area contributed by atoms with Crippen LogP contribution in [-0.4, -0.2) is 88.4 Å². The Hall–Kier alpha value is -5.26. The molecule has 11 heteroatoms. The number of allylic oxidation sites excluding steroid dienone is 5. The number of aryl methyl sites for hydroxylation is 1. The van der Waals surface area contributed by atoms with Gasteiger partial charge in [0.15, 0.2) is 5.78 Å². The highest BCUT2D eigenvalue weighted by atomic mass is 16.5. The Kier molecular flexibility index (Phi) is 18.3. The van der Waals surface area contributed by atoms with Gasteiger partial charge >= 0.3 is 0 Å². The van der Waals surface area contributed by atoms with Gasteiger partial charge in [0.05, 0.1) is 30.5 Å². The Morgan fingerprint density at radius 1 is 0.919 bits per heavy atom. The van der Waals surface area contributed by atoms with E-state index >= 15 is 4.79 Å². The molecule has 394 valence electrons. The number of fused-ring (bicyclic) bond motifs is 4. The van der Waals surface area contributed by atoms with Gasteiger partial charge in [-0.15, -0.1) is 0 Å². The van der Waals surface area contributed by atoms with Crippen molar-refractivity contribution in [2.45, 2.75) is 153 Å². The summed E-state index contributed by atoms with van der Waals surface area (Å²) in [6, 6.07) is 21.6. The smallest absolute Gasteiger partial charge is 0.243 e. The van der Waals surface area contributed by atoms with Crippen molar-refractivity contribution in [3.8, 4) is 11.8 Å². The molecule has 3 aromatic carbocycles. The molecule has 11 nitrogen and oxygen atoms in total. The second-order valence-corrected chi connectivity index (χ2v) is 22.0. The molecule has 10 unspecified atom stereocenters. The lowest BCUT2D eigenvalue weighted by atomic mass is 9.52. The number of carbonyl (C=O) groups is 2. The van der Waals surface area contributed by atoms with E-state index in [1.54, 1.807) is 0 Å². The van der Waals surface area contributed by atoms with Gasteiger partial charge in [-0.3, -0.25) is 14.9 Å². The van der Waals surface area contributed by atoms with Crippen molar-refractivity contribution in [3.05, 3.63) is 164 Å². The topological polar surface area (TPSA) is 186 Å². The number of aliphatic hydroxyl groups is 4. The van der Waals surface area contributed by atoms with Crippen LogP contribution in [0.3, 0.4) is 0 Å². The molecule has 2 fully saturated rings. The predicted molar refractivity (Wildman–Crippen MR) is 293 cm³/mol. The van der Waals surface area contributed by atoms with Crippen LogP contribution in [0.5, 0.6) is 0 Å². The number of ether oxygens (including phenoxy) is 1. The van der Waals surface area contributed by atoms with Crippen LogP contribution in [0.1, 0.15) is 137 Å². The number of amides is 1. The second kappa shape index (κ2) is 24.6. The SMILES string of the molecule is C=C1C=CC=C(C2CCC3(C4CCC(O)Cc5cc(cc(Cc6ccccc6)c5)CCC(O)CNC5C(=O)NC(N)c6cccc(c65)CC(=O)C(C)=C4CCC3(C)O)C2O)COCC#CCC(C)=CCC1NCC. The molecule has 0 saturated heterocycles. The average Bonchev–Trinajstić information content (AvgIpc) is 3.71. The highest BCUT2D eigenvalue weighted by Crippen LogP contribution is 2.63. The number of nitrogens with two attached hydrogens (primary N) is 1. The third-order valence-corrected chi connectivity index (χ3v) is 16.9. The summed E-state index contributed by atoms with van der Waals surface area (Å²) < 4.78 is 6.24. The van der Waals surface area contributed by atoms with Crippen molar-refractivity contribution in [3.63, 3.8) is 0 Å². The summed E-state index contributed by atoms with van der Waals surface area (Å²) in [7, 11) is 0. The van der Waals surface area contributed by atoms with Gasteiger partial charge in [-0.25, -0.2) is 0 Å². The Labute approximate surface area is 439 Å². The van der Waals surface area contributed by atoms with E-state index in [2.05, 4.69) is 84.6 Å². The van der Waals surface area contributed by atoms with E-state index in [1.165, 1.54) is 11.1 Å². The molecule has 0 radical (unpaired) electrons. The minimum Gasteiger partial charge on any atom is -0.393 e. The zero-order chi connectivity index (χ0) is 52.6. The van der Waals surface area contributed by atoms with Crippen molar-refractivity contribution >= 4 is 11.7 Å². The number of aliphatic hydroxyl groups excluding tert-OH is 3. The molecule has 3 heterocycles. The fourth-order valence-corrected chi connectivity index (χ4v) is 12.9. The third-order valence-electron chi connectivity index (χ3n) is 16.9. The van der Waals surface area contributed by atoms with Crippen LogP contribution >= 0.6 is 0 Å². The van der Waals surface area contributed by atoms with Crippen LogP contribution in [0.25, 0.3) is 0 Å². The number of nitrogens with one attached hydrogen (secondary N) is 3. The van der Waals surface area contributed by atoms with Gasteiger partial charge in [-0.2, -0.15) is 0 Å². The first-order chi connectivity index (χ1) is 35.6. The summed E-state index contributed by atoms with van der Waals surface area (Å²) in [5, 5.41) is 59.5. The second-order valence-electron chi connectivity index (χ2n) is 22.0. The van der Waals surface area contributed by atoms with Crippen molar-refractivity contribution in [1.29, 1.82) is 0 Å². The number of benzene rings is 3. The molecule has 74 heavy (non-hydrogen) atoms. The minimum atomic E-state index is -1.33. The molecule has 0 aromatic heterocycles. The Morgan fingerprint density at radius 3 is 2.51 bits per heavy atom. The van der Waals surface area contributed by atoms with Crippen LogP contribution in [0.2, 0.25) is 0 Å². The molecule has 2 saturated carbocycles. The molecule has 5 aliphatic rings. The molecule has 8 rings (SSSR count). The molecule has 2 aliphatic carbocycles. The highest BCUT2D eigenvalue weighted by Gasteiger charge is 2.64. The molecule has 1 amide bonds. The number of rotatable bonds is 5. The van der Waals surface area contributed by atoms with E-state index in [9.17, 15) is 25.2 Å². The summed E-state index contributed by atoms with van der Waals surface area (Å²) in [5.41, 5.74) is 15.0. The van der Waals surface area contributed by atoms with Crippen LogP contribution in [-0.2, 0) is 40.0 Å². The van der Waals surface area contributed by atoms with Gasteiger partial charge in [-0.1, -0.05) is 128 Å². The first-order valence-electron chi connectivity index (χ1n) is 27.1. The van der Waals surface area contributed by atoms with E-state index in [0.29, 0.717) is 92.9 Å². The standard InChI is InChI=1S/C63H80N4O7/c1-6-65-55-26-21-40(2)14-10-11-31-74-39-48(19-12-15-41(55)3)52-28-30-63(59(52)71)54-25-24-49(68)36-46-34-44(33-45(35-46)32-43-16-8-7-9-17-43)22-23-50(69)38-66-58-57-47(18-13-20-53(57)60(64)67-61(58)72)37-56(70)42(4)51(54)27-29-62(63,5)73/h7-9,12-13,15-21,33-35,49-50,52,54-55,58-60,65-66,68-69,71,73H,3,6,14,22-32,36-39,64H2,1-2,4-5H3,(H,67,72). The number of β-amino-alcohol motifs (C(OH)–C–C–N with tert-alkyl or cyclic N) is 1. The minimum absolute atomic E-state index is 0.00186. The van der Waals surface area contributed by atoms with E-state index in [1.807, 2.05) is 68.5 Å². The lowest BCUT2D eigenvalue weighted by molar-refractivity contribution is -0.168. The van der Waals surface area contributed by atoms with Crippen molar-refractivity contribution in [2.24, 2.45) is 23.0 Å². The molecule has 9 N–H and O–H groups in total. The number of ketones is 1. The predicted octanol–water partition coefficient (Wildman–Crippen LogP) is 7.81. The summed E-state index contributed by atoms with van der Waals surface area (Å²) in [4.78, 5) is 28.8. The molecule has 3 aliphatic heterocycles. The fraction of sp³-hybridized carbons (Fsp3) is 0.492. The zero-order valence-electron chi connectivity index (χ0n) is 44.1. The molecule has 10 atom stereocenters. The first kappa shape index (κ1) is 55.0. The Balaban J connectivity index is 1.19. The summed E-state index contributed by atoms with van der Waals surface area (Å²) in [6.45, 7) is 13.7. The van der Waals surface area contributed by atoms with E-state index in [-0.39, 0.29) is 49.8 Å². The van der Waals surface area contributed by atoms with Crippen LogP contribution in [0, 0.1) is 29.1 Å².